The first-order chi connectivity index (χ1) is 6.41. The zero-order valence-electron chi connectivity index (χ0n) is 9.23. The third kappa shape index (κ3) is 3.37. The van der Waals surface area contributed by atoms with Gasteiger partial charge in [-0.3, -0.25) is 0 Å². The van der Waals surface area contributed by atoms with Crippen molar-refractivity contribution in [2.75, 3.05) is 0 Å². The minimum atomic E-state index is 0.323. The Bertz CT molecular complexity index is 288. The molecule has 1 N–H and O–H groups in total. The zero-order valence-corrected chi connectivity index (χ0v) is 11.6. The van der Waals surface area contributed by atoms with E-state index in [0.29, 0.717) is 11.5 Å². The van der Waals surface area contributed by atoms with Crippen LogP contribution in [0.3, 0.4) is 0 Å². The molecule has 1 heterocycles. The molecule has 0 fully saturated rings. The van der Waals surface area contributed by atoms with Gasteiger partial charge in [0, 0.05) is 21.9 Å². The van der Waals surface area contributed by atoms with Crippen LogP contribution in [0.25, 0.3) is 0 Å². The molecule has 0 bridgehead atoms. The van der Waals surface area contributed by atoms with Crippen LogP contribution in [-0.2, 0) is 6.54 Å². The summed E-state index contributed by atoms with van der Waals surface area (Å²) in [5.41, 5.74) is 0.323. The lowest BCUT2D eigenvalue weighted by Gasteiger charge is -2.28. The van der Waals surface area contributed by atoms with Gasteiger partial charge in [0.05, 0.1) is 0 Å². The summed E-state index contributed by atoms with van der Waals surface area (Å²) in [6.07, 6.45) is 0. The van der Waals surface area contributed by atoms with E-state index in [0.717, 1.165) is 6.54 Å². The van der Waals surface area contributed by atoms with Gasteiger partial charge in [0.25, 0.3) is 0 Å². The lowest BCUT2D eigenvalue weighted by molar-refractivity contribution is 0.285. The SMILES string of the molecule is CC(NCc1sccc1Br)C(C)(C)C. The highest BCUT2D eigenvalue weighted by Gasteiger charge is 2.19. The molecule has 1 atom stereocenters. The van der Waals surface area contributed by atoms with Crippen LogP contribution in [-0.4, -0.2) is 6.04 Å². The van der Waals surface area contributed by atoms with Crippen LogP contribution in [0, 0.1) is 5.41 Å². The zero-order chi connectivity index (χ0) is 10.8. The molecule has 1 nitrogen and oxygen atoms in total. The van der Waals surface area contributed by atoms with Crippen LogP contribution >= 0.6 is 27.3 Å². The summed E-state index contributed by atoms with van der Waals surface area (Å²) >= 11 is 5.33. The van der Waals surface area contributed by atoms with Gasteiger partial charge in [-0.2, -0.15) is 0 Å². The molecule has 1 aromatic heterocycles. The minimum absolute atomic E-state index is 0.323. The summed E-state index contributed by atoms with van der Waals surface area (Å²) in [5, 5.41) is 5.66. The van der Waals surface area contributed by atoms with E-state index in [1.807, 2.05) is 0 Å². The molecule has 0 saturated carbocycles. The fourth-order valence-electron chi connectivity index (χ4n) is 1.00. The summed E-state index contributed by atoms with van der Waals surface area (Å²) < 4.78 is 1.22. The van der Waals surface area contributed by atoms with Crippen LogP contribution in [0.5, 0.6) is 0 Å². The molecular weight excluding hydrogens is 258 g/mol. The summed E-state index contributed by atoms with van der Waals surface area (Å²) in [5.74, 6) is 0. The number of rotatable bonds is 3. The van der Waals surface area contributed by atoms with Crippen LogP contribution in [0.1, 0.15) is 32.6 Å². The number of thiophene rings is 1. The highest BCUT2D eigenvalue weighted by molar-refractivity contribution is 9.10. The van der Waals surface area contributed by atoms with Crippen molar-refractivity contribution in [3.63, 3.8) is 0 Å². The first-order valence-electron chi connectivity index (χ1n) is 4.86. The molecule has 0 radical (unpaired) electrons. The second kappa shape index (κ2) is 4.77. The van der Waals surface area contributed by atoms with E-state index in [9.17, 15) is 0 Å². The normalized spacial score (nSPS) is 14.4. The van der Waals surface area contributed by atoms with Gasteiger partial charge < -0.3 is 5.32 Å². The van der Waals surface area contributed by atoms with Crippen molar-refractivity contribution >= 4 is 27.3 Å². The van der Waals surface area contributed by atoms with E-state index in [4.69, 9.17) is 0 Å². The molecule has 80 valence electrons. The van der Waals surface area contributed by atoms with Crippen molar-refractivity contribution < 1.29 is 0 Å². The predicted octanol–water partition coefficient (Wildman–Crippen LogP) is 4.03. The lowest BCUT2D eigenvalue weighted by atomic mass is 9.88. The Hall–Kier alpha value is 0.140. The smallest absolute Gasteiger partial charge is 0.0327 e. The first-order valence-corrected chi connectivity index (χ1v) is 6.54. The van der Waals surface area contributed by atoms with Crippen molar-refractivity contribution in [2.45, 2.75) is 40.3 Å². The Morgan fingerprint density at radius 2 is 2.14 bits per heavy atom. The summed E-state index contributed by atoms with van der Waals surface area (Å²) in [6, 6.07) is 2.63. The van der Waals surface area contributed by atoms with Crippen molar-refractivity contribution in [3.05, 3.63) is 20.8 Å². The van der Waals surface area contributed by atoms with Crippen LogP contribution < -0.4 is 5.32 Å². The summed E-state index contributed by atoms with van der Waals surface area (Å²) in [6.45, 7) is 9.97. The molecule has 0 amide bonds. The van der Waals surface area contributed by atoms with Gasteiger partial charge >= 0.3 is 0 Å². The standard InChI is InChI=1S/C11H18BrNS/c1-8(11(2,3)4)13-7-10-9(12)5-6-14-10/h5-6,8,13H,7H2,1-4H3. The van der Waals surface area contributed by atoms with E-state index in [-0.39, 0.29) is 0 Å². The molecule has 0 aliphatic carbocycles. The van der Waals surface area contributed by atoms with E-state index < -0.39 is 0 Å². The van der Waals surface area contributed by atoms with Gasteiger partial charge in [0.2, 0.25) is 0 Å². The third-order valence-corrected chi connectivity index (χ3v) is 4.49. The Morgan fingerprint density at radius 1 is 1.50 bits per heavy atom. The van der Waals surface area contributed by atoms with Gasteiger partial charge in [-0.1, -0.05) is 20.8 Å². The monoisotopic (exact) mass is 275 g/mol. The molecule has 0 spiro atoms. The number of nitrogens with one attached hydrogen (secondary N) is 1. The molecule has 3 heteroatoms. The first kappa shape index (κ1) is 12.2. The number of hydrogen-bond donors (Lipinski definition) is 1. The average Bonchev–Trinajstić information content (AvgIpc) is 2.45. The van der Waals surface area contributed by atoms with Crippen LogP contribution in [0.4, 0.5) is 0 Å². The average molecular weight is 276 g/mol. The Labute approximate surface area is 99.0 Å². The largest absolute Gasteiger partial charge is 0.309 e. The lowest BCUT2D eigenvalue weighted by Crippen LogP contribution is -2.36. The second-order valence-corrected chi connectivity index (χ2v) is 6.52. The van der Waals surface area contributed by atoms with Crippen molar-refractivity contribution in [1.82, 2.24) is 5.32 Å². The number of hydrogen-bond acceptors (Lipinski definition) is 2. The Kier molecular flexibility index (Phi) is 4.16. The van der Waals surface area contributed by atoms with Gasteiger partial charge in [0.1, 0.15) is 0 Å². The van der Waals surface area contributed by atoms with Gasteiger partial charge in [0.15, 0.2) is 0 Å². The van der Waals surface area contributed by atoms with Crippen LogP contribution in [0.2, 0.25) is 0 Å². The quantitative estimate of drug-likeness (QED) is 0.878. The third-order valence-electron chi connectivity index (χ3n) is 2.56. The van der Waals surface area contributed by atoms with E-state index in [1.165, 1.54) is 9.35 Å². The van der Waals surface area contributed by atoms with Gasteiger partial charge in [-0.05, 0) is 39.7 Å². The molecule has 0 aliphatic heterocycles. The highest BCUT2D eigenvalue weighted by Crippen LogP contribution is 2.24. The fraction of sp³-hybridized carbons (Fsp3) is 0.636. The van der Waals surface area contributed by atoms with Crippen LogP contribution in [0.15, 0.2) is 15.9 Å². The molecule has 1 rings (SSSR count). The van der Waals surface area contributed by atoms with Crippen molar-refractivity contribution in [3.8, 4) is 0 Å². The van der Waals surface area contributed by atoms with E-state index >= 15 is 0 Å². The topological polar surface area (TPSA) is 12.0 Å². The molecule has 1 aromatic rings. The molecule has 0 aromatic carbocycles. The molecule has 1 unspecified atom stereocenters. The maximum Gasteiger partial charge on any atom is 0.0327 e. The van der Waals surface area contributed by atoms with E-state index in [1.54, 1.807) is 11.3 Å². The van der Waals surface area contributed by atoms with Gasteiger partial charge in [-0.15, -0.1) is 11.3 Å². The van der Waals surface area contributed by atoms with Crippen molar-refractivity contribution in [2.24, 2.45) is 5.41 Å². The number of halogens is 1. The molecular formula is C11H18BrNS. The van der Waals surface area contributed by atoms with E-state index in [2.05, 4.69) is 60.4 Å². The summed E-state index contributed by atoms with van der Waals surface area (Å²) in [4.78, 5) is 1.38. The van der Waals surface area contributed by atoms with Gasteiger partial charge in [-0.25, -0.2) is 0 Å². The Morgan fingerprint density at radius 3 is 2.57 bits per heavy atom. The highest BCUT2D eigenvalue weighted by atomic mass is 79.9. The fourth-order valence-corrected chi connectivity index (χ4v) is 2.45. The second-order valence-electron chi connectivity index (χ2n) is 4.66. The molecule has 0 saturated heterocycles. The summed E-state index contributed by atoms with van der Waals surface area (Å²) in [7, 11) is 0. The maximum absolute atomic E-state index is 3.55. The molecule has 0 aliphatic rings. The van der Waals surface area contributed by atoms with Crippen molar-refractivity contribution in [1.29, 1.82) is 0 Å². The minimum Gasteiger partial charge on any atom is -0.309 e. The Balaban J connectivity index is 2.46. The predicted molar refractivity (Wildman–Crippen MR) is 67.8 cm³/mol. The molecule has 14 heavy (non-hydrogen) atoms. The maximum atomic E-state index is 3.55.